The Morgan fingerprint density at radius 1 is 1.39 bits per heavy atom. The van der Waals surface area contributed by atoms with Gasteiger partial charge in [0.05, 0.1) is 10.6 Å². The zero-order valence-electron chi connectivity index (χ0n) is 9.58. The summed E-state index contributed by atoms with van der Waals surface area (Å²) < 4.78 is 0.697. The van der Waals surface area contributed by atoms with Crippen molar-refractivity contribution in [2.75, 3.05) is 5.32 Å². The van der Waals surface area contributed by atoms with Gasteiger partial charge in [-0.05, 0) is 46.6 Å². The van der Waals surface area contributed by atoms with Crippen molar-refractivity contribution in [3.05, 3.63) is 57.3 Å². The SMILES string of the molecule is Cc1cnccc1NC(=O)c1cccc(Br)c1Cl. The van der Waals surface area contributed by atoms with E-state index in [0.29, 0.717) is 15.1 Å². The van der Waals surface area contributed by atoms with Crippen LogP contribution < -0.4 is 5.32 Å². The number of nitrogens with one attached hydrogen (secondary N) is 1. The standard InChI is InChI=1S/C13H10BrClN2O/c1-8-7-16-6-5-11(8)17-13(18)9-3-2-4-10(14)12(9)15/h2-7H,1H3,(H,16,17,18). The van der Waals surface area contributed by atoms with Crippen LogP contribution in [-0.4, -0.2) is 10.9 Å². The van der Waals surface area contributed by atoms with Crippen molar-refractivity contribution in [2.45, 2.75) is 6.92 Å². The monoisotopic (exact) mass is 324 g/mol. The van der Waals surface area contributed by atoms with Gasteiger partial charge in [-0.3, -0.25) is 9.78 Å². The quantitative estimate of drug-likeness (QED) is 0.905. The van der Waals surface area contributed by atoms with E-state index in [4.69, 9.17) is 11.6 Å². The van der Waals surface area contributed by atoms with Crippen molar-refractivity contribution in [2.24, 2.45) is 0 Å². The van der Waals surface area contributed by atoms with Crippen molar-refractivity contribution < 1.29 is 4.79 Å². The van der Waals surface area contributed by atoms with Crippen LogP contribution in [0.3, 0.4) is 0 Å². The summed E-state index contributed by atoms with van der Waals surface area (Å²) in [5.74, 6) is -0.240. The molecule has 3 nitrogen and oxygen atoms in total. The number of rotatable bonds is 2. The highest BCUT2D eigenvalue weighted by atomic mass is 79.9. The maximum absolute atomic E-state index is 12.1. The zero-order chi connectivity index (χ0) is 13.1. The second kappa shape index (κ2) is 5.50. The van der Waals surface area contributed by atoms with Crippen LogP contribution in [0.1, 0.15) is 15.9 Å². The molecule has 0 saturated carbocycles. The Morgan fingerprint density at radius 3 is 2.89 bits per heavy atom. The molecular weight excluding hydrogens is 316 g/mol. The smallest absolute Gasteiger partial charge is 0.257 e. The minimum atomic E-state index is -0.240. The number of aryl methyl sites for hydroxylation is 1. The van der Waals surface area contributed by atoms with Crippen molar-refractivity contribution >= 4 is 39.1 Å². The van der Waals surface area contributed by atoms with Gasteiger partial charge in [0, 0.05) is 22.6 Å². The van der Waals surface area contributed by atoms with Gasteiger partial charge < -0.3 is 5.32 Å². The first-order valence-electron chi connectivity index (χ1n) is 5.25. The first-order valence-corrected chi connectivity index (χ1v) is 6.42. The van der Waals surface area contributed by atoms with Crippen LogP contribution in [0, 0.1) is 6.92 Å². The molecule has 0 saturated heterocycles. The summed E-state index contributed by atoms with van der Waals surface area (Å²) in [6, 6.07) is 6.99. The highest BCUT2D eigenvalue weighted by molar-refractivity contribution is 9.10. The zero-order valence-corrected chi connectivity index (χ0v) is 11.9. The molecule has 5 heteroatoms. The van der Waals surface area contributed by atoms with Gasteiger partial charge in [0.15, 0.2) is 0 Å². The molecule has 1 N–H and O–H groups in total. The number of pyridine rings is 1. The lowest BCUT2D eigenvalue weighted by Crippen LogP contribution is -2.13. The summed E-state index contributed by atoms with van der Waals surface area (Å²) in [7, 11) is 0. The fourth-order valence-corrected chi connectivity index (χ4v) is 2.06. The second-order valence-electron chi connectivity index (χ2n) is 3.75. The van der Waals surface area contributed by atoms with E-state index < -0.39 is 0 Å². The Hall–Kier alpha value is -1.39. The van der Waals surface area contributed by atoms with Gasteiger partial charge in [-0.1, -0.05) is 17.7 Å². The van der Waals surface area contributed by atoms with Gasteiger partial charge in [0.25, 0.3) is 5.91 Å². The molecule has 1 aromatic carbocycles. The maximum Gasteiger partial charge on any atom is 0.257 e. The molecule has 0 atom stereocenters. The number of carbonyl (C=O) groups is 1. The normalized spacial score (nSPS) is 10.2. The molecule has 0 fully saturated rings. The lowest BCUT2D eigenvalue weighted by atomic mass is 10.2. The summed E-state index contributed by atoms with van der Waals surface area (Å²) in [4.78, 5) is 16.1. The van der Waals surface area contributed by atoms with Gasteiger partial charge in [0.2, 0.25) is 0 Å². The average molecular weight is 326 g/mol. The van der Waals surface area contributed by atoms with Crippen LogP contribution in [0.25, 0.3) is 0 Å². The van der Waals surface area contributed by atoms with E-state index in [2.05, 4.69) is 26.2 Å². The van der Waals surface area contributed by atoms with Crippen LogP contribution >= 0.6 is 27.5 Å². The number of benzene rings is 1. The highest BCUT2D eigenvalue weighted by Crippen LogP contribution is 2.26. The first kappa shape index (κ1) is 13.1. The molecule has 0 aliphatic carbocycles. The van der Waals surface area contributed by atoms with Crippen LogP contribution in [0.15, 0.2) is 41.1 Å². The first-order chi connectivity index (χ1) is 8.59. The van der Waals surface area contributed by atoms with Crippen molar-refractivity contribution in [3.63, 3.8) is 0 Å². The Labute approximate surface area is 118 Å². The van der Waals surface area contributed by atoms with E-state index >= 15 is 0 Å². The molecule has 0 radical (unpaired) electrons. The number of hydrogen-bond donors (Lipinski definition) is 1. The van der Waals surface area contributed by atoms with Gasteiger partial charge in [-0.15, -0.1) is 0 Å². The van der Waals surface area contributed by atoms with E-state index in [1.54, 1.807) is 36.7 Å². The summed E-state index contributed by atoms with van der Waals surface area (Å²) in [6.45, 7) is 1.88. The molecule has 18 heavy (non-hydrogen) atoms. The molecule has 2 rings (SSSR count). The van der Waals surface area contributed by atoms with E-state index in [1.807, 2.05) is 6.92 Å². The lowest BCUT2D eigenvalue weighted by molar-refractivity contribution is 0.102. The van der Waals surface area contributed by atoms with Crippen molar-refractivity contribution in [3.8, 4) is 0 Å². The number of aromatic nitrogens is 1. The fraction of sp³-hybridized carbons (Fsp3) is 0.0769. The molecular formula is C13H10BrClN2O. The molecule has 0 aliphatic heterocycles. The summed E-state index contributed by atoms with van der Waals surface area (Å²) in [5.41, 5.74) is 2.06. The third kappa shape index (κ3) is 2.71. The molecule has 2 aromatic rings. The van der Waals surface area contributed by atoms with Gasteiger partial charge >= 0.3 is 0 Å². The van der Waals surface area contributed by atoms with E-state index in [1.165, 1.54) is 0 Å². The van der Waals surface area contributed by atoms with Crippen molar-refractivity contribution in [1.29, 1.82) is 0 Å². The number of hydrogen-bond acceptors (Lipinski definition) is 2. The molecule has 0 bridgehead atoms. The Morgan fingerprint density at radius 2 is 2.17 bits per heavy atom. The Kier molecular flexibility index (Phi) is 3.99. The number of carbonyl (C=O) groups excluding carboxylic acids is 1. The average Bonchev–Trinajstić information content (AvgIpc) is 2.35. The van der Waals surface area contributed by atoms with Gasteiger partial charge in [-0.25, -0.2) is 0 Å². The molecule has 0 aliphatic rings. The summed E-state index contributed by atoms with van der Waals surface area (Å²) in [5, 5.41) is 3.21. The number of amides is 1. The van der Waals surface area contributed by atoms with Gasteiger partial charge in [0.1, 0.15) is 0 Å². The maximum atomic E-state index is 12.1. The number of nitrogens with zero attached hydrogens (tertiary/aromatic N) is 1. The molecule has 92 valence electrons. The highest BCUT2D eigenvalue weighted by Gasteiger charge is 2.13. The fourth-order valence-electron chi connectivity index (χ4n) is 1.48. The largest absolute Gasteiger partial charge is 0.322 e. The predicted molar refractivity (Wildman–Crippen MR) is 76.1 cm³/mol. The minimum Gasteiger partial charge on any atom is -0.322 e. The molecule has 1 aromatic heterocycles. The third-order valence-electron chi connectivity index (χ3n) is 2.46. The van der Waals surface area contributed by atoms with Crippen LogP contribution in [0.5, 0.6) is 0 Å². The van der Waals surface area contributed by atoms with E-state index in [0.717, 1.165) is 11.3 Å². The lowest BCUT2D eigenvalue weighted by Gasteiger charge is -2.09. The molecule has 0 unspecified atom stereocenters. The Bertz CT molecular complexity index is 601. The topological polar surface area (TPSA) is 42.0 Å². The van der Waals surface area contributed by atoms with Gasteiger partial charge in [-0.2, -0.15) is 0 Å². The molecule has 1 amide bonds. The van der Waals surface area contributed by atoms with Crippen LogP contribution in [-0.2, 0) is 0 Å². The summed E-state index contributed by atoms with van der Waals surface area (Å²) in [6.07, 6.45) is 3.32. The predicted octanol–water partition coefficient (Wildman–Crippen LogP) is 4.06. The second-order valence-corrected chi connectivity index (χ2v) is 4.98. The third-order valence-corrected chi connectivity index (χ3v) is 3.76. The van der Waals surface area contributed by atoms with Crippen LogP contribution in [0.4, 0.5) is 5.69 Å². The number of halogens is 2. The Balaban J connectivity index is 2.28. The molecule has 1 heterocycles. The summed E-state index contributed by atoms with van der Waals surface area (Å²) >= 11 is 9.37. The van der Waals surface area contributed by atoms with E-state index in [9.17, 15) is 4.79 Å². The van der Waals surface area contributed by atoms with Crippen molar-refractivity contribution in [1.82, 2.24) is 4.98 Å². The number of anilines is 1. The van der Waals surface area contributed by atoms with E-state index in [-0.39, 0.29) is 5.91 Å². The molecule has 0 spiro atoms. The van der Waals surface area contributed by atoms with Crippen LogP contribution in [0.2, 0.25) is 5.02 Å². The minimum absolute atomic E-state index is 0.240.